The van der Waals surface area contributed by atoms with E-state index in [0.29, 0.717) is 0 Å². The van der Waals surface area contributed by atoms with Gasteiger partial charge in [0.1, 0.15) is 0 Å². The van der Waals surface area contributed by atoms with Gasteiger partial charge in [0.2, 0.25) is 13.4 Å². The van der Waals surface area contributed by atoms with Crippen molar-refractivity contribution in [3.05, 3.63) is 338 Å². The van der Waals surface area contributed by atoms with Gasteiger partial charge in [-0.3, -0.25) is 0 Å². The molecule has 15 aromatic carbocycles. The van der Waals surface area contributed by atoms with Gasteiger partial charge in [-0.1, -0.05) is 366 Å². The number of para-hydroxylation sites is 4. The summed E-state index contributed by atoms with van der Waals surface area (Å²) in [5.74, 6) is 0. The largest absolute Gasteiger partial charge is 0.310 e. The van der Waals surface area contributed by atoms with Gasteiger partial charge in [-0.25, -0.2) is 0 Å². The average molecular weight is 1500 g/mol. The first-order chi connectivity index (χ1) is 55.1. The molecule has 0 unspecified atom stereocenters. The Balaban J connectivity index is 0.854. The first-order valence-electron chi connectivity index (χ1n) is 40.4. The van der Waals surface area contributed by atoms with E-state index in [1.165, 1.54) is 185 Å². The van der Waals surface area contributed by atoms with Gasteiger partial charge in [-0.15, -0.1) is 0 Å². The highest BCUT2D eigenvalue weighted by molar-refractivity contribution is 8.01. The molecule has 4 nitrogen and oxygen atoms in total. The van der Waals surface area contributed by atoms with Crippen molar-refractivity contribution in [1.29, 1.82) is 0 Å². The fraction of sp³-hybridized carbons (Fsp3) is 0.151. The number of rotatable bonds is 8. The maximum Gasteiger partial charge on any atom is 0.249 e. The minimum atomic E-state index is -0.138. The van der Waals surface area contributed by atoms with E-state index in [9.17, 15) is 0 Å². The quantitative estimate of drug-likeness (QED) is 0.141. The van der Waals surface area contributed by atoms with Crippen LogP contribution in [-0.2, 0) is 21.7 Å². The van der Waals surface area contributed by atoms with Gasteiger partial charge in [-0.05, 0) is 155 Å². The van der Waals surface area contributed by atoms with E-state index in [0.717, 1.165) is 22.7 Å². The van der Waals surface area contributed by atoms with Gasteiger partial charge in [0.25, 0.3) is 0 Å². The second-order valence-corrected chi connectivity index (χ2v) is 38.2. The molecule has 0 saturated heterocycles. The Morgan fingerprint density at radius 1 is 0.237 bits per heavy atom. The highest BCUT2D eigenvalue weighted by Crippen LogP contribution is 2.54. The molecule has 17 aromatic rings. The number of hydrogen-bond donors (Lipinski definition) is 0. The first-order valence-corrected chi connectivity index (χ1v) is 42.1. The van der Waals surface area contributed by atoms with Crippen LogP contribution in [0.3, 0.4) is 0 Å². The third-order valence-corrected chi connectivity index (χ3v) is 27.1. The summed E-state index contributed by atoms with van der Waals surface area (Å²) < 4.78 is 5.25. The molecule has 0 radical (unpaired) electrons. The Kier molecular flexibility index (Phi) is 16.0. The lowest BCUT2D eigenvalue weighted by atomic mass is 9.32. The van der Waals surface area contributed by atoms with Crippen LogP contribution < -0.4 is 42.6 Å². The Bertz CT molecular complexity index is 6180. The summed E-state index contributed by atoms with van der Waals surface area (Å²) in [7, 11) is 0. The fourth-order valence-corrected chi connectivity index (χ4v) is 21.5. The van der Waals surface area contributed by atoms with Crippen molar-refractivity contribution in [2.24, 2.45) is 0 Å². The van der Waals surface area contributed by atoms with E-state index in [2.05, 4.69) is 417 Å². The minimum absolute atomic E-state index is 0.0902. The normalized spacial score (nSPS) is 13.6. The van der Waals surface area contributed by atoms with Crippen molar-refractivity contribution < 1.29 is 0 Å². The van der Waals surface area contributed by atoms with Crippen LogP contribution in [-0.4, -0.2) is 22.6 Å². The van der Waals surface area contributed by atoms with E-state index in [4.69, 9.17) is 0 Å². The van der Waals surface area contributed by atoms with Crippen LogP contribution >= 0.6 is 23.5 Å². The molecule has 550 valence electrons. The molecule has 21 rings (SSSR count). The molecule has 0 atom stereocenters. The SMILES string of the molecule is CC(C)(C)c1ccc2c3ccc(C(C)(C)C)cc3n(-c3cc4c5c(c3)N(c3c(-c6ccccc6)cccc3-c3ccccc3)c3ccccc3B5c3cc5c(cc3S4)Sc3cc(-n4c6cc(C(C)(C)C)ccc6c6ccc(C(C)(C)C)cc64)cc4c3B5c3ccccc3N4c3c(-c4ccccc4)cccc3-c3ccccc3)c2c1. The second-order valence-electron chi connectivity index (χ2n) is 36.0. The van der Waals surface area contributed by atoms with Gasteiger partial charge in [0.15, 0.2) is 0 Å². The highest BCUT2D eigenvalue weighted by atomic mass is 32.2. The monoisotopic (exact) mass is 1500 g/mol. The number of nitrogens with zero attached hydrogens (tertiary/aromatic N) is 4. The number of benzene rings is 15. The van der Waals surface area contributed by atoms with Gasteiger partial charge in [0.05, 0.1) is 33.4 Å². The lowest BCUT2D eigenvalue weighted by molar-refractivity contribution is 0.590. The molecule has 0 amide bonds. The van der Waals surface area contributed by atoms with Crippen LogP contribution in [0, 0.1) is 0 Å². The molecule has 0 bridgehead atoms. The van der Waals surface area contributed by atoms with E-state index >= 15 is 0 Å². The predicted molar refractivity (Wildman–Crippen MR) is 491 cm³/mol. The smallest absolute Gasteiger partial charge is 0.249 e. The molecule has 0 spiro atoms. The molecule has 8 heteroatoms. The van der Waals surface area contributed by atoms with Crippen molar-refractivity contribution in [3.63, 3.8) is 0 Å². The summed E-state index contributed by atoms with van der Waals surface area (Å²) in [6.07, 6.45) is 0. The summed E-state index contributed by atoms with van der Waals surface area (Å²) in [5.41, 5.74) is 36.3. The van der Waals surface area contributed by atoms with Gasteiger partial charge < -0.3 is 18.9 Å². The number of anilines is 6. The summed E-state index contributed by atoms with van der Waals surface area (Å²) in [4.78, 5) is 10.5. The zero-order chi connectivity index (χ0) is 77.6. The maximum absolute atomic E-state index is 2.70. The van der Waals surface area contributed by atoms with Crippen LogP contribution in [0.25, 0.3) is 99.5 Å². The summed E-state index contributed by atoms with van der Waals surface area (Å²) >= 11 is 3.93. The minimum Gasteiger partial charge on any atom is -0.310 e. The molecule has 0 aliphatic carbocycles. The van der Waals surface area contributed by atoms with Crippen molar-refractivity contribution in [1.82, 2.24) is 9.13 Å². The van der Waals surface area contributed by atoms with E-state index in [1.54, 1.807) is 0 Å². The summed E-state index contributed by atoms with van der Waals surface area (Å²) in [6, 6.07) is 122. The van der Waals surface area contributed by atoms with Crippen molar-refractivity contribution >= 4 is 147 Å². The third kappa shape index (κ3) is 11.1. The number of hydrogen-bond acceptors (Lipinski definition) is 4. The number of fused-ring (bicyclic) bond motifs is 14. The Morgan fingerprint density at radius 3 is 0.825 bits per heavy atom. The number of aromatic nitrogens is 2. The zero-order valence-electron chi connectivity index (χ0n) is 66.8. The Hall–Kier alpha value is -11.7. The first kappa shape index (κ1) is 70.2. The van der Waals surface area contributed by atoms with Crippen LogP contribution in [0.2, 0.25) is 0 Å². The standard InChI is InChI=1S/C106H88B2N4S2/c1-103(2,3)69-47-51-79-80-52-48-70(104(4,5)6)56-90(80)109(89(79)55-69)73-59-93-99-97(61-73)113-95-64-96-86(63-85(95)107(99)83-43-25-27-45-87(83)111(93)101-75(65-31-17-13-18-32-65)39-29-40-76(101)66-33-19-14-20-34-66)108-84-44-26-28-46-88(84)112(102-77(67-35-21-15-22-36-67)41-30-42-78(102)68-37-23-16-24-38-68)94-60-74(62-98(114-96)100(94)108)110-91-57-71(105(7,8)9)49-53-81(91)82-54-50-72(58-92(82)110)106(10,11)12/h13-64H,1-12H3. The highest BCUT2D eigenvalue weighted by Gasteiger charge is 2.47. The van der Waals surface area contributed by atoms with Gasteiger partial charge in [-0.2, -0.15) is 0 Å². The molecule has 0 fully saturated rings. The Labute approximate surface area is 679 Å². The molecular weight excluding hydrogens is 1410 g/mol. The van der Waals surface area contributed by atoms with E-state index in [-0.39, 0.29) is 35.1 Å². The zero-order valence-corrected chi connectivity index (χ0v) is 68.4. The molecule has 4 aliphatic rings. The molecule has 2 aromatic heterocycles. The second kappa shape index (κ2) is 25.9. The van der Waals surface area contributed by atoms with E-state index < -0.39 is 0 Å². The van der Waals surface area contributed by atoms with Gasteiger partial charge in [0, 0.05) is 97.5 Å². The lowest BCUT2D eigenvalue weighted by Gasteiger charge is -2.43. The molecule has 0 saturated carbocycles. The molecule has 114 heavy (non-hydrogen) atoms. The maximum atomic E-state index is 2.70. The molecular formula is C106H88B2N4S2. The Morgan fingerprint density at radius 2 is 0.526 bits per heavy atom. The van der Waals surface area contributed by atoms with Crippen molar-refractivity contribution in [2.45, 2.75) is 124 Å². The third-order valence-electron chi connectivity index (χ3n) is 24.8. The predicted octanol–water partition coefficient (Wildman–Crippen LogP) is 25.3. The lowest BCUT2D eigenvalue weighted by Crippen LogP contribution is -2.63. The van der Waals surface area contributed by atoms with Gasteiger partial charge >= 0.3 is 0 Å². The summed E-state index contributed by atoms with van der Waals surface area (Å²) in [5, 5.41) is 5.02. The fourth-order valence-electron chi connectivity index (χ4n) is 19.0. The van der Waals surface area contributed by atoms with Crippen LogP contribution in [0.1, 0.15) is 105 Å². The van der Waals surface area contributed by atoms with Crippen molar-refractivity contribution in [3.8, 4) is 55.9 Å². The van der Waals surface area contributed by atoms with E-state index in [1.807, 2.05) is 23.5 Å². The van der Waals surface area contributed by atoms with Crippen LogP contribution in [0.15, 0.2) is 335 Å². The van der Waals surface area contributed by atoms with Crippen molar-refractivity contribution in [2.75, 3.05) is 9.80 Å². The molecule has 4 aliphatic heterocycles. The molecule has 6 heterocycles. The summed E-state index contributed by atoms with van der Waals surface area (Å²) in [6.45, 7) is 27.9. The van der Waals surface area contributed by atoms with Crippen LogP contribution in [0.4, 0.5) is 34.1 Å². The van der Waals surface area contributed by atoms with Crippen LogP contribution in [0.5, 0.6) is 0 Å². The topological polar surface area (TPSA) is 16.3 Å². The molecule has 0 N–H and O–H groups in total. The average Bonchev–Trinajstić information content (AvgIpc) is 0.797.